The zero-order valence-corrected chi connectivity index (χ0v) is 12.8. The van der Waals surface area contributed by atoms with Crippen molar-refractivity contribution in [2.24, 2.45) is 0 Å². The van der Waals surface area contributed by atoms with E-state index >= 15 is 0 Å². The number of hydrogen-bond acceptors (Lipinski definition) is 3. The Labute approximate surface area is 130 Å². The Morgan fingerprint density at radius 3 is 2.91 bits per heavy atom. The van der Waals surface area contributed by atoms with E-state index in [1.165, 1.54) is 0 Å². The van der Waals surface area contributed by atoms with E-state index < -0.39 is 0 Å². The molecule has 22 heavy (non-hydrogen) atoms. The van der Waals surface area contributed by atoms with Gasteiger partial charge in [0.05, 0.1) is 0 Å². The molecule has 116 valence electrons. The Balaban J connectivity index is 1.96. The fourth-order valence-electron chi connectivity index (χ4n) is 2.02. The standard InChI is InChI=1S/C18H21NO3/c1-3-7-14-8-5-6-9-16(14)21-13-15-10-11-17(22-15)18(20)19-12-4-2/h3,5-6,8-11H,1,4,7,12-13H2,2H3,(H,19,20). The minimum Gasteiger partial charge on any atom is -0.485 e. The predicted molar refractivity (Wildman–Crippen MR) is 86.0 cm³/mol. The highest BCUT2D eigenvalue weighted by molar-refractivity contribution is 5.91. The van der Waals surface area contributed by atoms with Gasteiger partial charge in [0, 0.05) is 6.54 Å². The van der Waals surface area contributed by atoms with E-state index in [2.05, 4.69) is 11.9 Å². The lowest BCUT2D eigenvalue weighted by molar-refractivity contribution is 0.0922. The zero-order chi connectivity index (χ0) is 15.8. The number of rotatable bonds is 8. The molecule has 0 saturated carbocycles. The molecule has 0 atom stereocenters. The second-order valence-electron chi connectivity index (χ2n) is 4.91. The molecule has 1 amide bonds. The molecule has 0 aliphatic rings. The molecule has 0 spiro atoms. The molecule has 2 rings (SSSR count). The summed E-state index contributed by atoms with van der Waals surface area (Å²) >= 11 is 0. The first-order chi connectivity index (χ1) is 10.7. The van der Waals surface area contributed by atoms with Gasteiger partial charge in [-0.05, 0) is 36.6 Å². The number of furan rings is 1. The van der Waals surface area contributed by atoms with E-state index in [1.807, 2.05) is 37.3 Å². The molecule has 1 aromatic carbocycles. The number of carbonyl (C=O) groups is 1. The average molecular weight is 299 g/mol. The molecule has 4 nitrogen and oxygen atoms in total. The van der Waals surface area contributed by atoms with Crippen molar-refractivity contribution in [3.05, 3.63) is 66.1 Å². The number of carbonyl (C=O) groups excluding carboxylic acids is 1. The number of ether oxygens (including phenoxy) is 1. The Morgan fingerprint density at radius 2 is 2.14 bits per heavy atom. The topological polar surface area (TPSA) is 51.5 Å². The maximum Gasteiger partial charge on any atom is 0.286 e. The summed E-state index contributed by atoms with van der Waals surface area (Å²) in [5.74, 6) is 1.54. The highest BCUT2D eigenvalue weighted by Crippen LogP contribution is 2.20. The highest BCUT2D eigenvalue weighted by Gasteiger charge is 2.11. The normalized spacial score (nSPS) is 10.2. The molecule has 0 unspecified atom stereocenters. The number of nitrogens with one attached hydrogen (secondary N) is 1. The van der Waals surface area contributed by atoms with Crippen LogP contribution in [0.25, 0.3) is 0 Å². The number of benzene rings is 1. The zero-order valence-electron chi connectivity index (χ0n) is 12.8. The molecule has 0 aliphatic heterocycles. The third kappa shape index (κ3) is 4.25. The van der Waals surface area contributed by atoms with Crippen LogP contribution in [0, 0.1) is 0 Å². The SMILES string of the molecule is C=CCc1ccccc1OCc1ccc(C(=O)NCCC)o1. The van der Waals surface area contributed by atoms with Crippen molar-refractivity contribution in [3.8, 4) is 5.75 Å². The van der Waals surface area contributed by atoms with Crippen LogP contribution in [0.2, 0.25) is 0 Å². The van der Waals surface area contributed by atoms with E-state index in [1.54, 1.807) is 12.1 Å². The molecule has 0 fully saturated rings. The van der Waals surface area contributed by atoms with Crippen molar-refractivity contribution in [2.75, 3.05) is 6.54 Å². The number of allylic oxidation sites excluding steroid dienone is 1. The lowest BCUT2D eigenvalue weighted by Gasteiger charge is -2.08. The fourth-order valence-corrected chi connectivity index (χ4v) is 2.02. The van der Waals surface area contributed by atoms with Crippen LogP contribution in [0.1, 0.15) is 35.2 Å². The van der Waals surface area contributed by atoms with Crippen LogP contribution in [0.3, 0.4) is 0 Å². The molecular formula is C18H21NO3. The third-order valence-corrected chi connectivity index (χ3v) is 3.13. The molecule has 1 heterocycles. The van der Waals surface area contributed by atoms with E-state index in [0.717, 1.165) is 24.2 Å². The summed E-state index contributed by atoms with van der Waals surface area (Å²) < 4.78 is 11.3. The lowest BCUT2D eigenvalue weighted by Crippen LogP contribution is -2.23. The van der Waals surface area contributed by atoms with Crippen molar-refractivity contribution < 1.29 is 13.9 Å². The van der Waals surface area contributed by atoms with Gasteiger partial charge in [0.2, 0.25) is 0 Å². The largest absolute Gasteiger partial charge is 0.485 e. The van der Waals surface area contributed by atoms with Crippen LogP contribution in [0.15, 0.2) is 53.5 Å². The Bertz CT molecular complexity index is 631. The van der Waals surface area contributed by atoms with Crippen LogP contribution in [-0.2, 0) is 13.0 Å². The van der Waals surface area contributed by atoms with Gasteiger partial charge in [0.15, 0.2) is 5.76 Å². The summed E-state index contributed by atoms with van der Waals surface area (Å²) in [5.41, 5.74) is 1.07. The van der Waals surface area contributed by atoms with Crippen LogP contribution in [-0.4, -0.2) is 12.5 Å². The summed E-state index contributed by atoms with van der Waals surface area (Å²) in [7, 11) is 0. The van der Waals surface area contributed by atoms with Gasteiger partial charge in [-0.15, -0.1) is 6.58 Å². The number of amides is 1. The van der Waals surface area contributed by atoms with Gasteiger partial charge < -0.3 is 14.5 Å². The molecule has 2 aromatic rings. The van der Waals surface area contributed by atoms with Crippen molar-refractivity contribution in [1.82, 2.24) is 5.32 Å². The van der Waals surface area contributed by atoms with Gasteiger partial charge >= 0.3 is 0 Å². The molecular weight excluding hydrogens is 278 g/mol. The molecule has 4 heteroatoms. The summed E-state index contributed by atoms with van der Waals surface area (Å²) in [6.07, 6.45) is 3.48. The minimum absolute atomic E-state index is 0.194. The maximum absolute atomic E-state index is 11.8. The summed E-state index contributed by atoms with van der Waals surface area (Å²) in [6.45, 7) is 6.67. The van der Waals surface area contributed by atoms with Crippen molar-refractivity contribution in [2.45, 2.75) is 26.4 Å². The van der Waals surface area contributed by atoms with Crippen LogP contribution in [0.5, 0.6) is 5.75 Å². The van der Waals surface area contributed by atoms with E-state index in [0.29, 0.717) is 18.1 Å². The highest BCUT2D eigenvalue weighted by atomic mass is 16.5. The van der Waals surface area contributed by atoms with E-state index in [9.17, 15) is 4.79 Å². The summed E-state index contributed by atoms with van der Waals surface area (Å²) in [4.78, 5) is 11.8. The molecule has 1 N–H and O–H groups in total. The first kappa shape index (κ1) is 15.9. The molecule has 0 bridgehead atoms. The van der Waals surface area contributed by atoms with Crippen LogP contribution < -0.4 is 10.1 Å². The van der Waals surface area contributed by atoms with Gasteiger partial charge in [-0.1, -0.05) is 31.2 Å². The van der Waals surface area contributed by atoms with Gasteiger partial charge in [-0.2, -0.15) is 0 Å². The smallest absolute Gasteiger partial charge is 0.286 e. The van der Waals surface area contributed by atoms with Gasteiger partial charge in [-0.25, -0.2) is 0 Å². The first-order valence-electron chi connectivity index (χ1n) is 7.43. The molecule has 0 radical (unpaired) electrons. The minimum atomic E-state index is -0.194. The van der Waals surface area contributed by atoms with E-state index in [4.69, 9.17) is 9.15 Å². The summed E-state index contributed by atoms with van der Waals surface area (Å²) in [6, 6.07) is 11.2. The number of hydrogen-bond donors (Lipinski definition) is 1. The second kappa shape index (κ2) is 8.08. The molecule has 1 aromatic heterocycles. The quantitative estimate of drug-likeness (QED) is 0.756. The van der Waals surface area contributed by atoms with Crippen molar-refractivity contribution in [3.63, 3.8) is 0 Å². The lowest BCUT2D eigenvalue weighted by atomic mass is 10.1. The molecule has 0 aliphatic carbocycles. The first-order valence-corrected chi connectivity index (χ1v) is 7.43. The van der Waals surface area contributed by atoms with Gasteiger partial charge in [-0.3, -0.25) is 4.79 Å². The molecule has 0 saturated heterocycles. The Hall–Kier alpha value is -2.49. The second-order valence-corrected chi connectivity index (χ2v) is 4.91. The maximum atomic E-state index is 11.8. The van der Waals surface area contributed by atoms with Gasteiger partial charge in [0.1, 0.15) is 18.1 Å². The third-order valence-electron chi connectivity index (χ3n) is 3.13. The van der Waals surface area contributed by atoms with Crippen molar-refractivity contribution >= 4 is 5.91 Å². The van der Waals surface area contributed by atoms with Crippen LogP contribution in [0.4, 0.5) is 0 Å². The van der Waals surface area contributed by atoms with E-state index in [-0.39, 0.29) is 12.5 Å². The predicted octanol–water partition coefficient (Wildman–Crippen LogP) is 3.73. The average Bonchev–Trinajstić information content (AvgIpc) is 3.01. The monoisotopic (exact) mass is 299 g/mol. The summed E-state index contributed by atoms with van der Waals surface area (Å²) in [5, 5.41) is 2.78. The van der Waals surface area contributed by atoms with Crippen molar-refractivity contribution in [1.29, 1.82) is 0 Å². The van der Waals surface area contributed by atoms with Crippen LogP contribution >= 0.6 is 0 Å². The Morgan fingerprint density at radius 1 is 1.32 bits per heavy atom. The number of para-hydroxylation sites is 1. The Kier molecular flexibility index (Phi) is 5.83. The fraction of sp³-hybridized carbons (Fsp3) is 0.278. The van der Waals surface area contributed by atoms with Gasteiger partial charge in [0.25, 0.3) is 5.91 Å².